The number of aliphatic hydroxyl groups excluding tert-OH is 1. The maximum absolute atomic E-state index is 13.6. The Bertz CT molecular complexity index is 1190. The molecule has 2 heterocycles. The van der Waals surface area contributed by atoms with Gasteiger partial charge in [-0.15, -0.1) is 0 Å². The molecule has 0 aliphatic rings. The molecule has 0 saturated heterocycles. The number of carboxylic acids is 1. The first kappa shape index (κ1) is 23.3. The molecular weight excluding hydrogens is 411 g/mol. The number of carboxylic acid groups (broad SMARTS) is 1. The van der Waals surface area contributed by atoms with Crippen molar-refractivity contribution in [3.63, 3.8) is 0 Å². The molecule has 1 unspecified atom stereocenters. The molecule has 0 radical (unpaired) electrons. The highest BCUT2D eigenvalue weighted by molar-refractivity contribution is 5.95. The topological polar surface area (TPSA) is 91.9 Å². The average molecular weight is 438 g/mol. The van der Waals surface area contributed by atoms with Gasteiger partial charge in [0.15, 0.2) is 0 Å². The summed E-state index contributed by atoms with van der Waals surface area (Å²) in [4.78, 5) is 22.5. The summed E-state index contributed by atoms with van der Waals surface area (Å²) in [6.45, 7) is 8.12. The second-order valence-electron chi connectivity index (χ2n) is 8.31. The number of aryl methyl sites for hydroxylation is 2. The van der Waals surface area contributed by atoms with Gasteiger partial charge in [-0.1, -0.05) is 26.0 Å². The van der Waals surface area contributed by atoms with Gasteiger partial charge in [0.25, 0.3) is 0 Å². The smallest absolute Gasteiger partial charge is 0.310 e. The van der Waals surface area contributed by atoms with Gasteiger partial charge < -0.3 is 10.2 Å². The van der Waals surface area contributed by atoms with E-state index in [-0.39, 0.29) is 18.2 Å². The maximum atomic E-state index is 13.6. The number of hydrogen-bond donors (Lipinski definition) is 2. The van der Waals surface area contributed by atoms with Crippen LogP contribution in [0.3, 0.4) is 0 Å². The van der Waals surface area contributed by atoms with Crippen molar-refractivity contribution in [3.8, 4) is 11.3 Å². The van der Waals surface area contributed by atoms with Gasteiger partial charge in [-0.05, 0) is 61.2 Å². The lowest BCUT2D eigenvalue weighted by atomic mass is 9.92. The fraction of sp³-hybridized carbons (Fsp3) is 0.320. The summed E-state index contributed by atoms with van der Waals surface area (Å²) in [6, 6.07) is 8.11. The summed E-state index contributed by atoms with van der Waals surface area (Å²) in [5, 5.41) is 23.9. The summed E-state index contributed by atoms with van der Waals surface area (Å²) in [5.41, 5.74) is 6.14. The zero-order valence-corrected chi connectivity index (χ0v) is 18.6. The number of aliphatic carboxylic acids is 1. The lowest BCUT2D eigenvalue weighted by molar-refractivity contribution is -0.140. The van der Waals surface area contributed by atoms with Crippen LogP contribution in [0.1, 0.15) is 55.0 Å². The van der Waals surface area contributed by atoms with Gasteiger partial charge in [0, 0.05) is 23.2 Å². The Balaban J connectivity index is 2.17. The Morgan fingerprint density at radius 1 is 1.19 bits per heavy atom. The van der Waals surface area contributed by atoms with E-state index < -0.39 is 24.3 Å². The van der Waals surface area contributed by atoms with Gasteiger partial charge in [0.05, 0.1) is 17.3 Å². The van der Waals surface area contributed by atoms with Gasteiger partial charge in [-0.3, -0.25) is 9.59 Å². The molecule has 0 bridgehead atoms. The lowest BCUT2D eigenvalue weighted by Crippen LogP contribution is -2.14. The first-order valence-electron chi connectivity index (χ1n) is 10.5. The quantitative estimate of drug-likeness (QED) is 0.498. The molecule has 0 saturated carbocycles. The number of halogens is 1. The number of carbonyl (C=O) groups excluding carboxylic acids is 1. The van der Waals surface area contributed by atoms with E-state index in [9.17, 15) is 19.1 Å². The van der Waals surface area contributed by atoms with Crippen molar-refractivity contribution in [2.24, 2.45) is 0 Å². The Morgan fingerprint density at radius 3 is 2.44 bits per heavy atom. The molecule has 0 amide bonds. The number of Topliss-reactive ketones (excluding diaryl/α,β-unsaturated/α-hetero) is 1. The third-order valence-corrected chi connectivity index (χ3v) is 5.31. The van der Waals surface area contributed by atoms with Gasteiger partial charge in [-0.2, -0.15) is 5.10 Å². The van der Waals surface area contributed by atoms with Gasteiger partial charge >= 0.3 is 5.97 Å². The largest absolute Gasteiger partial charge is 0.481 e. The molecule has 3 rings (SSSR count). The molecule has 0 aliphatic heterocycles. The predicted molar refractivity (Wildman–Crippen MR) is 121 cm³/mol. The van der Waals surface area contributed by atoms with Crippen molar-refractivity contribution in [2.45, 2.75) is 52.6 Å². The summed E-state index contributed by atoms with van der Waals surface area (Å²) in [6.07, 6.45) is 1.16. The highest BCUT2D eigenvalue weighted by Gasteiger charge is 2.21. The number of carbonyl (C=O) groups is 2. The van der Waals surface area contributed by atoms with E-state index in [0.29, 0.717) is 5.69 Å². The second-order valence-corrected chi connectivity index (χ2v) is 8.31. The summed E-state index contributed by atoms with van der Waals surface area (Å²) in [7, 11) is 0. The van der Waals surface area contributed by atoms with Crippen molar-refractivity contribution < 1.29 is 24.2 Å². The van der Waals surface area contributed by atoms with Crippen molar-refractivity contribution in [1.82, 2.24) is 9.61 Å². The highest BCUT2D eigenvalue weighted by Crippen LogP contribution is 2.35. The molecule has 6 nitrogen and oxygen atoms in total. The van der Waals surface area contributed by atoms with Crippen LogP contribution >= 0.6 is 0 Å². The van der Waals surface area contributed by atoms with Gasteiger partial charge in [-0.25, -0.2) is 8.91 Å². The van der Waals surface area contributed by atoms with E-state index in [1.54, 1.807) is 18.2 Å². The first-order chi connectivity index (χ1) is 15.1. The van der Waals surface area contributed by atoms with E-state index in [4.69, 9.17) is 10.2 Å². The number of ketones is 1. The molecular formula is C25H27FN2O4. The van der Waals surface area contributed by atoms with E-state index in [2.05, 4.69) is 19.9 Å². The van der Waals surface area contributed by atoms with Crippen molar-refractivity contribution in [1.29, 1.82) is 0 Å². The number of fused-ring (bicyclic) bond motifs is 1. The van der Waals surface area contributed by atoms with Crippen molar-refractivity contribution >= 4 is 23.3 Å². The fourth-order valence-corrected chi connectivity index (χ4v) is 3.97. The standard InChI is InChI=1S/C25H27FN2O4/c1-14(2)23-21(10-9-19(29)12-20(30)13-22(31)32)24(17-5-7-18(26)8-6-17)27-28-16(4)11-15(3)25(23)28/h5-11,14,19,29H,12-13H2,1-4H3,(H,31,32). The van der Waals surface area contributed by atoms with Crippen LogP contribution in [0, 0.1) is 19.7 Å². The Morgan fingerprint density at radius 2 is 1.84 bits per heavy atom. The van der Waals surface area contributed by atoms with E-state index in [1.165, 1.54) is 18.2 Å². The average Bonchev–Trinajstić information content (AvgIpc) is 2.98. The Kier molecular flexibility index (Phi) is 6.89. The van der Waals surface area contributed by atoms with Crippen LogP contribution in [0.5, 0.6) is 0 Å². The molecule has 1 atom stereocenters. The third-order valence-electron chi connectivity index (χ3n) is 5.31. The number of aromatic nitrogens is 2. The zero-order chi connectivity index (χ0) is 23.6. The predicted octanol–water partition coefficient (Wildman–Crippen LogP) is 4.69. The van der Waals surface area contributed by atoms with E-state index in [1.807, 2.05) is 18.4 Å². The minimum absolute atomic E-state index is 0.109. The summed E-state index contributed by atoms with van der Waals surface area (Å²) >= 11 is 0. The SMILES string of the molecule is Cc1cc(C)n2nc(-c3ccc(F)cc3)c(C=CC(O)CC(=O)CC(=O)O)c(C(C)C)c12. The second kappa shape index (κ2) is 9.44. The maximum Gasteiger partial charge on any atom is 0.310 e. The third kappa shape index (κ3) is 4.94. The molecule has 1 aromatic carbocycles. The van der Waals surface area contributed by atoms with Crippen LogP contribution in [0.15, 0.2) is 36.4 Å². The van der Waals surface area contributed by atoms with E-state index >= 15 is 0 Å². The lowest BCUT2D eigenvalue weighted by Gasteiger charge is -2.18. The van der Waals surface area contributed by atoms with Crippen LogP contribution in [0.4, 0.5) is 4.39 Å². The zero-order valence-electron chi connectivity index (χ0n) is 18.6. The first-order valence-corrected chi connectivity index (χ1v) is 10.5. The molecule has 32 heavy (non-hydrogen) atoms. The Hall–Kier alpha value is -3.32. The number of benzene rings is 1. The Labute approximate surface area is 186 Å². The molecule has 2 aromatic heterocycles. The number of rotatable bonds is 8. The highest BCUT2D eigenvalue weighted by atomic mass is 19.1. The molecule has 0 spiro atoms. The monoisotopic (exact) mass is 438 g/mol. The summed E-state index contributed by atoms with van der Waals surface area (Å²) < 4.78 is 15.4. The number of hydrogen-bond acceptors (Lipinski definition) is 4. The molecule has 7 heteroatoms. The van der Waals surface area contributed by atoms with Crippen LogP contribution in [-0.2, 0) is 9.59 Å². The molecule has 3 aromatic rings. The van der Waals surface area contributed by atoms with Gasteiger partial charge in [0.1, 0.15) is 18.0 Å². The van der Waals surface area contributed by atoms with Gasteiger partial charge in [0.2, 0.25) is 0 Å². The van der Waals surface area contributed by atoms with Crippen LogP contribution in [0.2, 0.25) is 0 Å². The molecule has 0 fully saturated rings. The number of aliphatic hydroxyl groups is 1. The van der Waals surface area contributed by atoms with Crippen molar-refractivity contribution in [3.05, 3.63) is 64.6 Å². The van der Waals surface area contributed by atoms with Crippen molar-refractivity contribution in [2.75, 3.05) is 0 Å². The fourth-order valence-electron chi connectivity index (χ4n) is 3.97. The van der Waals surface area contributed by atoms with Crippen LogP contribution < -0.4 is 0 Å². The van der Waals surface area contributed by atoms with Crippen LogP contribution in [-0.4, -0.2) is 37.7 Å². The van der Waals surface area contributed by atoms with Crippen LogP contribution in [0.25, 0.3) is 22.9 Å². The minimum Gasteiger partial charge on any atom is -0.481 e. The summed E-state index contributed by atoms with van der Waals surface area (Å²) in [5.74, 6) is -2.01. The van der Waals surface area contributed by atoms with E-state index in [0.717, 1.165) is 33.5 Å². The molecule has 2 N–H and O–H groups in total. The normalized spacial score (nSPS) is 12.7. The minimum atomic E-state index is -1.22. The number of nitrogens with zero attached hydrogens (tertiary/aromatic N) is 2. The molecule has 0 aliphatic carbocycles. The molecule has 168 valence electrons.